The van der Waals surface area contributed by atoms with Crippen molar-refractivity contribution in [3.63, 3.8) is 0 Å². The molecular formula is C38H61F2NO8. The van der Waals surface area contributed by atoms with Crippen molar-refractivity contribution < 1.29 is 47.2 Å². The molecule has 0 aromatic heterocycles. The standard InChI is InChI=1S/C38H61F2NO8/c1-6-8-10-14-17-24-37(39,40)25-18-15-12-11-13-16-19-32(38(45,26-28-46-3)36(44)48-5)34(42)41-33(35(43)47-4)29-30-20-22-31(23-21-30)49-27-9-7-2/h16,19-23,32-33,45H,6-15,17-18,24-29H2,1-5H3,(H,41,42)/b19-16+/t32-,33+,38+/m1/s1. The van der Waals surface area contributed by atoms with Gasteiger partial charge in [-0.05, 0) is 49.8 Å². The van der Waals surface area contributed by atoms with Crippen LogP contribution in [0.1, 0.15) is 116 Å². The zero-order valence-corrected chi connectivity index (χ0v) is 30.4. The van der Waals surface area contributed by atoms with Gasteiger partial charge in [0, 0.05) is 39.4 Å². The van der Waals surface area contributed by atoms with Crippen molar-refractivity contribution in [2.24, 2.45) is 5.92 Å². The first-order chi connectivity index (χ1) is 23.5. The fourth-order valence-electron chi connectivity index (χ4n) is 5.52. The number of allylic oxidation sites excluding steroid dienone is 1. The number of hydrogen-bond donors (Lipinski definition) is 2. The Labute approximate surface area is 292 Å². The number of benzene rings is 1. The normalized spacial score (nSPS) is 14.2. The van der Waals surface area contributed by atoms with Crippen LogP contribution >= 0.6 is 0 Å². The number of unbranched alkanes of at least 4 members (excludes halogenated alkanes) is 9. The highest BCUT2D eigenvalue weighted by atomic mass is 19.3. The third kappa shape index (κ3) is 17.4. The Kier molecular flexibility index (Phi) is 22.4. The minimum atomic E-state index is -2.64. The van der Waals surface area contributed by atoms with E-state index in [9.17, 15) is 28.3 Å². The number of alkyl halides is 2. The summed E-state index contributed by atoms with van der Waals surface area (Å²) in [5.41, 5.74) is -1.55. The third-order valence-electron chi connectivity index (χ3n) is 8.59. The highest BCUT2D eigenvalue weighted by Gasteiger charge is 2.48. The van der Waals surface area contributed by atoms with Crippen molar-refractivity contribution in [1.82, 2.24) is 5.32 Å². The van der Waals surface area contributed by atoms with E-state index in [-0.39, 0.29) is 32.3 Å². The summed E-state index contributed by atoms with van der Waals surface area (Å²) in [5.74, 6) is -5.86. The van der Waals surface area contributed by atoms with Gasteiger partial charge < -0.3 is 29.4 Å². The van der Waals surface area contributed by atoms with Crippen LogP contribution in [0.2, 0.25) is 0 Å². The van der Waals surface area contributed by atoms with Gasteiger partial charge in [-0.2, -0.15) is 0 Å². The summed E-state index contributed by atoms with van der Waals surface area (Å²) >= 11 is 0. The molecule has 1 aromatic carbocycles. The maximum Gasteiger partial charge on any atom is 0.339 e. The Morgan fingerprint density at radius 3 is 2.00 bits per heavy atom. The molecule has 0 saturated heterocycles. The molecule has 9 nitrogen and oxygen atoms in total. The van der Waals surface area contributed by atoms with E-state index in [1.165, 1.54) is 20.3 Å². The molecule has 2 N–H and O–H groups in total. The quantitative estimate of drug-likeness (QED) is 0.0525. The summed E-state index contributed by atoms with van der Waals surface area (Å²) in [6, 6.07) is 6.04. The van der Waals surface area contributed by atoms with Gasteiger partial charge in [0.25, 0.3) is 0 Å². The molecule has 0 unspecified atom stereocenters. The zero-order valence-electron chi connectivity index (χ0n) is 30.4. The Hall–Kier alpha value is -3.05. The molecule has 1 rings (SSSR count). The molecular weight excluding hydrogens is 636 g/mol. The third-order valence-corrected chi connectivity index (χ3v) is 8.59. The Bertz CT molecular complexity index is 1100. The topological polar surface area (TPSA) is 120 Å². The summed E-state index contributed by atoms with van der Waals surface area (Å²) in [6.45, 7) is 4.72. The Balaban J connectivity index is 2.94. The lowest BCUT2D eigenvalue weighted by molar-refractivity contribution is -0.172. The number of aliphatic hydroxyl groups is 1. The molecule has 1 aromatic rings. The van der Waals surface area contributed by atoms with Crippen LogP contribution in [0.5, 0.6) is 5.75 Å². The molecule has 0 heterocycles. The molecule has 0 aliphatic carbocycles. The predicted octanol–water partition coefficient (Wildman–Crippen LogP) is 7.52. The van der Waals surface area contributed by atoms with Crippen molar-refractivity contribution in [2.75, 3.05) is 34.5 Å². The fourth-order valence-corrected chi connectivity index (χ4v) is 5.52. The Morgan fingerprint density at radius 1 is 0.816 bits per heavy atom. The number of ether oxygens (including phenoxy) is 4. The summed E-state index contributed by atoms with van der Waals surface area (Å²) in [4.78, 5) is 39.4. The van der Waals surface area contributed by atoms with Crippen molar-refractivity contribution in [3.8, 4) is 5.75 Å². The van der Waals surface area contributed by atoms with Gasteiger partial charge in [-0.1, -0.05) is 83.1 Å². The lowest BCUT2D eigenvalue weighted by Gasteiger charge is -2.32. The van der Waals surface area contributed by atoms with E-state index in [1.54, 1.807) is 30.3 Å². The first-order valence-corrected chi connectivity index (χ1v) is 17.9. The molecule has 0 aliphatic rings. The lowest BCUT2D eigenvalue weighted by Crippen LogP contribution is -2.55. The largest absolute Gasteiger partial charge is 0.494 e. The van der Waals surface area contributed by atoms with Crippen molar-refractivity contribution in [2.45, 2.75) is 134 Å². The van der Waals surface area contributed by atoms with Crippen LogP contribution in [-0.2, 0) is 35.0 Å². The maximum atomic E-state index is 14.2. The number of halogens is 2. The maximum absolute atomic E-state index is 14.2. The van der Waals surface area contributed by atoms with Crippen molar-refractivity contribution in [3.05, 3.63) is 42.0 Å². The van der Waals surface area contributed by atoms with Gasteiger partial charge in [-0.3, -0.25) is 4.79 Å². The van der Waals surface area contributed by atoms with Crippen LogP contribution in [-0.4, -0.2) is 75.1 Å². The number of nitrogens with one attached hydrogen (secondary N) is 1. The van der Waals surface area contributed by atoms with Gasteiger partial charge >= 0.3 is 11.9 Å². The smallest absolute Gasteiger partial charge is 0.339 e. The van der Waals surface area contributed by atoms with Crippen LogP contribution in [0, 0.1) is 5.92 Å². The molecule has 49 heavy (non-hydrogen) atoms. The van der Waals surface area contributed by atoms with Crippen molar-refractivity contribution in [1.29, 1.82) is 0 Å². The highest BCUT2D eigenvalue weighted by Crippen LogP contribution is 2.29. The van der Waals surface area contributed by atoms with E-state index < -0.39 is 41.3 Å². The molecule has 1 amide bonds. The highest BCUT2D eigenvalue weighted by molar-refractivity contribution is 5.93. The predicted molar refractivity (Wildman–Crippen MR) is 187 cm³/mol. The second-order valence-corrected chi connectivity index (χ2v) is 12.7. The summed E-state index contributed by atoms with van der Waals surface area (Å²) in [5, 5.41) is 14.2. The van der Waals surface area contributed by atoms with E-state index in [0.29, 0.717) is 50.9 Å². The molecule has 11 heteroatoms. The fraction of sp³-hybridized carbons (Fsp3) is 0.711. The van der Waals surface area contributed by atoms with Gasteiger partial charge in [0.1, 0.15) is 11.8 Å². The molecule has 280 valence electrons. The average Bonchev–Trinajstić information content (AvgIpc) is 3.09. The first-order valence-electron chi connectivity index (χ1n) is 17.9. The second-order valence-electron chi connectivity index (χ2n) is 12.7. The molecule has 0 fully saturated rings. The summed E-state index contributed by atoms with van der Waals surface area (Å²) < 4.78 is 49.1. The number of carbonyl (C=O) groups excluding carboxylic acids is 3. The van der Waals surface area contributed by atoms with Gasteiger partial charge in [-0.15, -0.1) is 0 Å². The second kappa shape index (κ2) is 25.0. The average molecular weight is 698 g/mol. The van der Waals surface area contributed by atoms with Crippen LogP contribution < -0.4 is 10.1 Å². The number of esters is 2. The molecule has 0 spiro atoms. The van der Waals surface area contributed by atoms with E-state index in [4.69, 9.17) is 18.9 Å². The molecule has 0 radical (unpaired) electrons. The molecule has 0 aliphatic heterocycles. The first kappa shape index (κ1) is 44.0. The molecule has 0 bridgehead atoms. The lowest BCUT2D eigenvalue weighted by atomic mass is 9.83. The van der Waals surface area contributed by atoms with Crippen molar-refractivity contribution >= 4 is 17.8 Å². The van der Waals surface area contributed by atoms with E-state index >= 15 is 0 Å². The van der Waals surface area contributed by atoms with Crippen LogP contribution in [0.4, 0.5) is 8.78 Å². The van der Waals surface area contributed by atoms with Crippen LogP contribution in [0.3, 0.4) is 0 Å². The minimum absolute atomic E-state index is 0.0420. The molecule has 0 saturated carbocycles. The van der Waals surface area contributed by atoms with Gasteiger partial charge in [-0.25, -0.2) is 18.4 Å². The van der Waals surface area contributed by atoms with Gasteiger partial charge in [0.05, 0.1) is 26.7 Å². The number of methoxy groups -OCH3 is 3. The number of rotatable bonds is 28. The van der Waals surface area contributed by atoms with E-state index in [2.05, 4.69) is 19.2 Å². The Morgan fingerprint density at radius 2 is 1.43 bits per heavy atom. The monoisotopic (exact) mass is 697 g/mol. The van der Waals surface area contributed by atoms with E-state index in [0.717, 1.165) is 51.2 Å². The number of hydrogen-bond acceptors (Lipinski definition) is 8. The van der Waals surface area contributed by atoms with Gasteiger partial charge in [0.15, 0.2) is 5.60 Å². The van der Waals surface area contributed by atoms with Crippen LogP contribution in [0.15, 0.2) is 36.4 Å². The van der Waals surface area contributed by atoms with Gasteiger partial charge in [0.2, 0.25) is 11.8 Å². The number of carbonyl (C=O) groups is 3. The summed E-state index contributed by atoms with van der Waals surface area (Å²) in [6.07, 6.45) is 12.2. The molecule has 3 atom stereocenters. The summed E-state index contributed by atoms with van der Waals surface area (Å²) in [7, 11) is 3.73. The van der Waals surface area contributed by atoms with Crippen LogP contribution in [0.25, 0.3) is 0 Å². The van der Waals surface area contributed by atoms with E-state index in [1.807, 2.05) is 0 Å². The zero-order chi connectivity index (χ0) is 36.5. The number of amides is 1. The minimum Gasteiger partial charge on any atom is -0.494 e. The SMILES string of the molecule is CCCCCCCC(F)(F)CCCCCC/C=C/[C@H](C(=O)N[C@@H](Cc1ccc(OCCCC)cc1)C(=O)OC)[C@@](O)(CCOC)C(=O)OC.